The predicted octanol–water partition coefficient (Wildman–Crippen LogP) is 4.43. The van der Waals surface area contributed by atoms with Crippen LogP contribution in [0.15, 0.2) is 23.8 Å². The zero-order valence-corrected chi connectivity index (χ0v) is 20.7. The molecule has 34 heavy (non-hydrogen) atoms. The van der Waals surface area contributed by atoms with Gasteiger partial charge < -0.3 is 9.84 Å². The minimum atomic E-state index is -0.678. The molecule has 6 rings (SSSR count). The minimum absolute atomic E-state index is 0.00272. The predicted molar refractivity (Wildman–Crippen MR) is 126 cm³/mol. The van der Waals surface area contributed by atoms with Crippen molar-refractivity contribution >= 4 is 17.5 Å². The molecule has 0 bridgehead atoms. The van der Waals surface area contributed by atoms with Gasteiger partial charge in [-0.1, -0.05) is 31.6 Å². The van der Waals surface area contributed by atoms with E-state index < -0.39 is 6.10 Å². The molecule has 0 radical (unpaired) electrons. The van der Waals surface area contributed by atoms with Crippen molar-refractivity contribution in [1.82, 2.24) is 0 Å². The molecule has 0 aromatic carbocycles. The van der Waals surface area contributed by atoms with Crippen molar-refractivity contribution in [2.24, 2.45) is 52.3 Å². The fraction of sp³-hybridized carbons (Fsp3) is 0.759. The van der Waals surface area contributed by atoms with Crippen LogP contribution in [-0.2, 0) is 19.1 Å². The molecule has 5 heteroatoms. The lowest BCUT2D eigenvalue weighted by Gasteiger charge is -2.58. The van der Waals surface area contributed by atoms with Gasteiger partial charge in [0.2, 0.25) is 0 Å². The van der Waals surface area contributed by atoms with Crippen molar-refractivity contribution in [3.8, 4) is 0 Å². The van der Waals surface area contributed by atoms with E-state index in [2.05, 4.69) is 19.9 Å². The molecule has 4 saturated carbocycles. The van der Waals surface area contributed by atoms with E-state index in [1.807, 2.05) is 0 Å². The Morgan fingerprint density at radius 3 is 2.62 bits per heavy atom. The normalized spacial score (nSPS) is 51.4. The van der Waals surface area contributed by atoms with Crippen LogP contribution in [0, 0.1) is 52.3 Å². The summed E-state index contributed by atoms with van der Waals surface area (Å²) in [7, 11) is 0. The molecule has 4 fully saturated rings. The minimum Gasteiger partial charge on any atom is -0.462 e. The van der Waals surface area contributed by atoms with Gasteiger partial charge in [0.25, 0.3) is 0 Å². The molecule has 6 aliphatic rings. The van der Waals surface area contributed by atoms with Crippen LogP contribution in [0.25, 0.3) is 0 Å². The first-order valence-corrected chi connectivity index (χ1v) is 13.4. The molecule has 0 aromatic rings. The summed E-state index contributed by atoms with van der Waals surface area (Å²) in [5, 5.41) is 10.6. The summed E-state index contributed by atoms with van der Waals surface area (Å²) >= 11 is 0. The van der Waals surface area contributed by atoms with Gasteiger partial charge in [-0.25, -0.2) is 0 Å². The number of allylic oxidation sites excluding steroid dienone is 2. The maximum absolute atomic E-state index is 13.5. The van der Waals surface area contributed by atoms with Gasteiger partial charge in [0, 0.05) is 37.5 Å². The smallest absolute Gasteiger partial charge is 0.302 e. The van der Waals surface area contributed by atoms with Crippen LogP contribution >= 0.6 is 0 Å². The molecule has 9 unspecified atom stereocenters. The number of carbonyl (C=O) groups is 3. The second-order valence-electron chi connectivity index (χ2n) is 12.8. The monoisotopic (exact) mass is 466 g/mol. The van der Waals surface area contributed by atoms with Crippen LogP contribution in [0.4, 0.5) is 0 Å². The molecule has 0 heterocycles. The van der Waals surface area contributed by atoms with Crippen LogP contribution in [-0.4, -0.2) is 34.9 Å². The van der Waals surface area contributed by atoms with Gasteiger partial charge in [-0.3, -0.25) is 14.4 Å². The summed E-state index contributed by atoms with van der Waals surface area (Å²) < 4.78 is 5.58. The number of Topliss-reactive ketones (excluding diaryl/α,β-unsaturated/α-hetero) is 1. The van der Waals surface area contributed by atoms with Crippen LogP contribution in [0.5, 0.6) is 0 Å². The Balaban J connectivity index is 1.31. The lowest BCUT2D eigenvalue weighted by atomic mass is 9.47. The fourth-order valence-electron chi connectivity index (χ4n) is 10.0. The van der Waals surface area contributed by atoms with E-state index in [-0.39, 0.29) is 58.1 Å². The Morgan fingerprint density at radius 1 is 1.06 bits per heavy atom. The summed E-state index contributed by atoms with van der Waals surface area (Å²) in [6.07, 6.45) is 12.2. The Hall–Kier alpha value is -1.75. The fourth-order valence-corrected chi connectivity index (χ4v) is 10.0. The summed E-state index contributed by atoms with van der Waals surface area (Å²) in [6.45, 7) is 6.27. The molecule has 0 aliphatic heterocycles. The number of aliphatic hydroxyl groups is 1. The molecule has 0 aromatic heterocycles. The molecule has 5 nitrogen and oxygen atoms in total. The largest absolute Gasteiger partial charge is 0.462 e. The average molecular weight is 467 g/mol. The molecule has 0 saturated heterocycles. The number of ether oxygens (including phenoxy) is 1. The van der Waals surface area contributed by atoms with E-state index >= 15 is 0 Å². The number of aliphatic hydroxyl groups excluding tert-OH is 1. The van der Waals surface area contributed by atoms with E-state index in [0.29, 0.717) is 24.2 Å². The van der Waals surface area contributed by atoms with Crippen molar-refractivity contribution in [3.05, 3.63) is 23.8 Å². The first-order valence-electron chi connectivity index (χ1n) is 13.4. The van der Waals surface area contributed by atoms with Crippen LogP contribution in [0.3, 0.4) is 0 Å². The summed E-state index contributed by atoms with van der Waals surface area (Å²) in [6, 6.07) is 0. The molecule has 6 aliphatic carbocycles. The molecule has 11 atom stereocenters. The van der Waals surface area contributed by atoms with Gasteiger partial charge in [0.05, 0.1) is 6.10 Å². The molecular weight excluding hydrogens is 428 g/mol. The van der Waals surface area contributed by atoms with Crippen molar-refractivity contribution in [3.63, 3.8) is 0 Å². The zero-order valence-electron chi connectivity index (χ0n) is 20.7. The summed E-state index contributed by atoms with van der Waals surface area (Å²) in [5.41, 5.74) is 1.56. The number of hydrogen-bond acceptors (Lipinski definition) is 5. The summed E-state index contributed by atoms with van der Waals surface area (Å²) in [4.78, 5) is 38.0. The number of rotatable bonds is 1. The van der Waals surface area contributed by atoms with E-state index in [9.17, 15) is 19.5 Å². The molecular formula is C29H38O5. The maximum Gasteiger partial charge on any atom is 0.302 e. The number of ketones is 2. The number of esters is 1. The molecule has 1 N–H and O–H groups in total. The van der Waals surface area contributed by atoms with Gasteiger partial charge >= 0.3 is 5.97 Å². The topological polar surface area (TPSA) is 80.7 Å². The third-order valence-electron chi connectivity index (χ3n) is 11.4. The summed E-state index contributed by atoms with van der Waals surface area (Å²) in [5.74, 6) is 1.38. The van der Waals surface area contributed by atoms with Crippen molar-refractivity contribution in [2.45, 2.75) is 84.3 Å². The Kier molecular flexibility index (Phi) is 5.09. The number of carbonyl (C=O) groups excluding carboxylic acids is 3. The zero-order chi connectivity index (χ0) is 24.0. The molecule has 184 valence electrons. The van der Waals surface area contributed by atoms with Crippen LogP contribution in [0.2, 0.25) is 0 Å². The van der Waals surface area contributed by atoms with Crippen molar-refractivity contribution in [1.29, 1.82) is 0 Å². The van der Waals surface area contributed by atoms with Crippen molar-refractivity contribution < 1.29 is 24.2 Å². The van der Waals surface area contributed by atoms with Gasteiger partial charge in [0.15, 0.2) is 5.78 Å². The van der Waals surface area contributed by atoms with Gasteiger partial charge in [-0.05, 0) is 79.1 Å². The van der Waals surface area contributed by atoms with Gasteiger partial charge in [-0.15, -0.1) is 0 Å². The highest BCUT2D eigenvalue weighted by atomic mass is 16.5. The maximum atomic E-state index is 13.5. The third-order valence-corrected chi connectivity index (χ3v) is 11.4. The second-order valence-corrected chi connectivity index (χ2v) is 12.8. The first-order chi connectivity index (χ1) is 16.1. The SMILES string of the molecule is CC(=O)O[C@H]1CCC2(C)C(=CCC3C2CCC2(C)C3CC3C4C(=O)C=C[C@@H](O)C4CC(=O)C32)C1. The lowest BCUT2D eigenvalue weighted by Crippen LogP contribution is -2.53. The standard InChI is InChI=1S/C29H38O5/c1-15(30)34-17-8-10-28(2)16(12-17)4-5-18-21(28)9-11-29(3)22(18)13-20-26-19(14-25(33)27(20)29)23(31)6-7-24(26)32/h4,6-7,17-23,26-27,31H,5,8-14H2,1-3H3/t17-,18?,19?,20?,21?,22?,23+,26?,27?,28?,29?/m0/s1. The third kappa shape index (κ3) is 3.04. The Labute approximate surface area is 202 Å². The highest BCUT2D eigenvalue weighted by molar-refractivity contribution is 5.96. The van der Waals surface area contributed by atoms with E-state index in [1.165, 1.54) is 12.5 Å². The van der Waals surface area contributed by atoms with Crippen LogP contribution < -0.4 is 0 Å². The lowest BCUT2D eigenvalue weighted by molar-refractivity contribution is -0.150. The molecule has 0 amide bonds. The Morgan fingerprint density at radius 2 is 1.85 bits per heavy atom. The van der Waals surface area contributed by atoms with E-state index in [4.69, 9.17) is 4.74 Å². The Bertz CT molecular complexity index is 994. The van der Waals surface area contributed by atoms with E-state index in [1.54, 1.807) is 12.2 Å². The highest BCUT2D eigenvalue weighted by Crippen LogP contribution is 2.69. The van der Waals surface area contributed by atoms with Crippen LogP contribution in [0.1, 0.15) is 72.1 Å². The second kappa shape index (κ2) is 7.62. The van der Waals surface area contributed by atoms with Gasteiger partial charge in [0.1, 0.15) is 11.9 Å². The number of fused-ring (bicyclic) bond motifs is 9. The highest BCUT2D eigenvalue weighted by Gasteiger charge is 2.66. The average Bonchev–Trinajstić information content (AvgIpc) is 3.10. The van der Waals surface area contributed by atoms with Gasteiger partial charge in [-0.2, -0.15) is 0 Å². The van der Waals surface area contributed by atoms with E-state index in [0.717, 1.165) is 44.9 Å². The van der Waals surface area contributed by atoms with Crippen molar-refractivity contribution in [2.75, 3.05) is 0 Å². The molecule has 0 spiro atoms. The quantitative estimate of drug-likeness (QED) is 0.457. The number of hydrogen-bond donors (Lipinski definition) is 1. The first kappa shape index (κ1) is 22.7.